The Morgan fingerprint density at radius 1 is 0.969 bits per heavy atom. The Labute approximate surface area is 378 Å². The first kappa shape index (κ1) is 48.3. The number of carbonyl (C=O) groups excluding carboxylic acids is 4. The van der Waals surface area contributed by atoms with Gasteiger partial charge in [0.25, 0.3) is 21.9 Å². The number of amides is 4. The van der Waals surface area contributed by atoms with Gasteiger partial charge in [0.05, 0.1) is 52.3 Å². The Balaban J connectivity index is 1.08. The number of nitrogens with one attached hydrogen (secondary N) is 2. The topological polar surface area (TPSA) is 203 Å². The van der Waals surface area contributed by atoms with Crippen LogP contribution in [0.4, 0.5) is 8.63 Å². The maximum absolute atomic E-state index is 17.3. The highest BCUT2D eigenvalue weighted by Crippen LogP contribution is 2.43. The largest absolute Gasteiger partial charge is 0.862 e. The third kappa shape index (κ3) is 12.4. The second-order valence-corrected chi connectivity index (χ2v) is 20.0. The molecule has 344 valence electrons. The summed E-state index contributed by atoms with van der Waals surface area (Å²) in [6.45, 7) is -3.02. The number of ether oxygens (including phenoxy) is 1. The van der Waals surface area contributed by atoms with E-state index >= 15 is 8.63 Å². The summed E-state index contributed by atoms with van der Waals surface area (Å²) < 4.78 is 76.3. The van der Waals surface area contributed by atoms with E-state index in [2.05, 4.69) is 36.8 Å². The fourth-order valence-electron chi connectivity index (χ4n) is 7.65. The molecule has 3 N–H and O–H groups in total. The minimum atomic E-state index is -4.76. The number of nitrogens with zero attached hydrogens (tertiary/aromatic N) is 5. The molecule has 0 saturated heterocycles. The van der Waals surface area contributed by atoms with Gasteiger partial charge in [-0.3, -0.25) is 33.6 Å². The van der Waals surface area contributed by atoms with Gasteiger partial charge >= 0.3 is 6.97 Å². The molecule has 3 aliphatic rings. The summed E-state index contributed by atoms with van der Waals surface area (Å²) in [6, 6.07) is 7.26. The number of carbonyl (C=O) groups is 4. The fourth-order valence-corrected chi connectivity index (χ4v) is 9.75. The van der Waals surface area contributed by atoms with Crippen LogP contribution in [0.15, 0.2) is 75.6 Å². The number of hydrogen-bond acceptors (Lipinski definition) is 11. The molecule has 1 unspecified atom stereocenters. The van der Waals surface area contributed by atoms with Gasteiger partial charge in [-0.25, -0.2) is 0 Å². The van der Waals surface area contributed by atoms with Gasteiger partial charge in [0.2, 0.25) is 11.8 Å². The number of allylic oxidation sites excluding steroid dienone is 2. The zero-order chi connectivity index (χ0) is 46.2. The first-order valence-electron chi connectivity index (χ1n) is 20.9. The molecule has 6 rings (SSSR count). The number of imide groups is 1. The summed E-state index contributed by atoms with van der Waals surface area (Å²) >= 11 is 2.69. The highest BCUT2D eigenvalue weighted by Gasteiger charge is 2.55. The molecule has 0 aliphatic carbocycles. The van der Waals surface area contributed by atoms with Gasteiger partial charge in [0.1, 0.15) is 11.8 Å². The lowest BCUT2D eigenvalue weighted by Crippen LogP contribution is -2.50. The molecule has 6 heterocycles. The Hall–Kier alpha value is -5.13. The molecule has 0 saturated carbocycles. The van der Waals surface area contributed by atoms with Crippen molar-refractivity contribution in [1.82, 2.24) is 20.0 Å². The summed E-state index contributed by atoms with van der Waals surface area (Å²) in [5, 5.41) is 22.2. The number of aromatic nitrogens is 1. The fraction of sp³-hybridized carbons (Fsp3) is 0.429. The third-order valence-corrected chi connectivity index (χ3v) is 13.2. The smallest absolute Gasteiger partial charge is 0.737 e. The van der Waals surface area contributed by atoms with Crippen molar-refractivity contribution in [1.29, 1.82) is 0 Å². The predicted octanol–water partition coefficient (Wildman–Crippen LogP) is 3.08. The molecular formula is C42H52BF2N7O9S3. The lowest BCUT2D eigenvalue weighted by atomic mass is 9.88. The van der Waals surface area contributed by atoms with Gasteiger partial charge in [-0.2, -0.15) is 8.42 Å². The Morgan fingerprint density at radius 2 is 1.67 bits per heavy atom. The maximum Gasteiger partial charge on any atom is 0.737 e. The van der Waals surface area contributed by atoms with Crippen LogP contribution in [0.3, 0.4) is 0 Å². The quantitative estimate of drug-likeness (QED) is 0.0230. The summed E-state index contributed by atoms with van der Waals surface area (Å²) in [5.41, 5.74) is 2.59. The van der Waals surface area contributed by atoms with Crippen LogP contribution in [0.25, 0.3) is 16.6 Å². The lowest BCUT2D eigenvalue weighted by Gasteiger charge is -2.31. The van der Waals surface area contributed by atoms with E-state index in [9.17, 15) is 37.3 Å². The van der Waals surface area contributed by atoms with Crippen molar-refractivity contribution in [3.05, 3.63) is 86.7 Å². The van der Waals surface area contributed by atoms with Crippen LogP contribution < -0.4 is 15.7 Å². The van der Waals surface area contributed by atoms with Crippen molar-refractivity contribution in [3.63, 3.8) is 0 Å². The van der Waals surface area contributed by atoms with E-state index < -0.39 is 52.5 Å². The van der Waals surface area contributed by atoms with Crippen LogP contribution in [0.2, 0.25) is 0 Å². The number of hydrogen-bond donors (Lipinski definition) is 3. The molecule has 3 aromatic heterocycles. The molecule has 64 heavy (non-hydrogen) atoms. The van der Waals surface area contributed by atoms with Crippen LogP contribution in [0.5, 0.6) is 0 Å². The number of halogens is 2. The molecule has 22 heteroatoms. The monoisotopic (exact) mass is 943 g/mol. The summed E-state index contributed by atoms with van der Waals surface area (Å²) in [7, 11) is 1.48. The lowest BCUT2D eigenvalue weighted by molar-refractivity contribution is -0.870. The van der Waals surface area contributed by atoms with E-state index in [1.165, 1.54) is 34.8 Å². The van der Waals surface area contributed by atoms with Crippen molar-refractivity contribution in [2.45, 2.75) is 51.0 Å². The predicted molar refractivity (Wildman–Crippen MR) is 241 cm³/mol. The number of aryl methyl sites for hydroxylation is 1. The molecule has 3 aliphatic heterocycles. The van der Waals surface area contributed by atoms with Crippen LogP contribution >= 0.6 is 22.7 Å². The number of fused-ring (bicyclic) bond motifs is 2. The number of unbranched alkanes of at least 4 members (excludes halogenated alkanes) is 1. The van der Waals surface area contributed by atoms with Crippen molar-refractivity contribution in [3.8, 4) is 10.6 Å². The average Bonchev–Trinajstić information content (AvgIpc) is 4.07. The third-order valence-electron chi connectivity index (χ3n) is 10.7. The van der Waals surface area contributed by atoms with Gasteiger partial charge < -0.3 is 42.6 Å². The minimum absolute atomic E-state index is 0.0190. The van der Waals surface area contributed by atoms with Crippen molar-refractivity contribution in [2.24, 2.45) is 4.99 Å². The second kappa shape index (κ2) is 20.8. The van der Waals surface area contributed by atoms with E-state index in [0.29, 0.717) is 46.0 Å². The molecule has 0 aromatic carbocycles. The van der Waals surface area contributed by atoms with Crippen LogP contribution in [0.1, 0.15) is 54.7 Å². The van der Waals surface area contributed by atoms with Gasteiger partial charge in [0.15, 0.2) is 11.4 Å². The summed E-state index contributed by atoms with van der Waals surface area (Å²) in [6.07, 6.45) is 7.49. The Kier molecular flexibility index (Phi) is 15.7. The number of quaternary nitrogens is 1. The van der Waals surface area contributed by atoms with E-state index in [1.54, 1.807) is 29.7 Å². The Morgan fingerprint density at radius 3 is 2.33 bits per heavy atom. The highest BCUT2D eigenvalue weighted by molar-refractivity contribution is 7.85. The molecule has 0 spiro atoms. The van der Waals surface area contributed by atoms with E-state index in [-0.39, 0.29) is 69.4 Å². The average molecular weight is 944 g/mol. The second-order valence-electron chi connectivity index (χ2n) is 16.6. The van der Waals surface area contributed by atoms with E-state index in [0.717, 1.165) is 36.9 Å². The molecule has 0 radical (unpaired) electrons. The number of rotatable bonds is 24. The normalized spacial score (nSPS) is 16.5. The standard InChI is InChI=1S/C42H52BF2N7O9S3/c1-52(2,3)20-6-9-29-25-34(36-10-7-23-62-36)50-32(29)27-33-30(26-35(37-11-8-24-63-37)51(33)43(50,44)45)13-14-39(54)48-31(28-64(58,59)60)42(57)47-17-5-4-12-38(53)46-18-21-61-22-19-49-40(55)15-16-41(49)56/h7-8,10-11,15-16,23-27,31H,4-6,9,12-14,17-22,28H2,1-3H3,(H3-,46,47,48,53,54,57,58,59,60). The minimum Gasteiger partial charge on any atom is -0.862 e. The zero-order valence-corrected chi connectivity index (χ0v) is 38.3. The number of aliphatic imine (C=N–C) groups is 1. The van der Waals surface area contributed by atoms with E-state index in [4.69, 9.17) is 4.74 Å². The first-order valence-corrected chi connectivity index (χ1v) is 24.3. The molecule has 3 aromatic rings. The zero-order valence-electron chi connectivity index (χ0n) is 35.8. The van der Waals surface area contributed by atoms with Gasteiger partial charge in [-0.05, 0) is 72.5 Å². The highest BCUT2D eigenvalue weighted by atomic mass is 32.2. The van der Waals surface area contributed by atoms with Crippen LogP contribution in [-0.4, -0.2) is 146 Å². The molecule has 1 atom stereocenters. The summed E-state index contributed by atoms with van der Waals surface area (Å²) in [5.74, 6) is -4.02. The summed E-state index contributed by atoms with van der Waals surface area (Å²) in [4.78, 5) is 54.6. The van der Waals surface area contributed by atoms with Crippen molar-refractivity contribution < 1.29 is 59.6 Å². The number of thiophene rings is 2. The molecular weight excluding hydrogens is 892 g/mol. The van der Waals surface area contributed by atoms with Crippen molar-refractivity contribution >= 4 is 81.1 Å². The molecule has 4 amide bonds. The Bertz CT molecular complexity index is 2470. The maximum atomic E-state index is 17.3. The van der Waals surface area contributed by atoms with Gasteiger partial charge in [0, 0.05) is 72.1 Å². The van der Waals surface area contributed by atoms with Crippen molar-refractivity contribution in [2.75, 3.05) is 66.3 Å². The van der Waals surface area contributed by atoms with Gasteiger partial charge in [-0.15, -0.1) is 22.7 Å². The first-order chi connectivity index (χ1) is 30.3. The molecule has 16 nitrogen and oxygen atoms in total. The van der Waals surface area contributed by atoms with Crippen LogP contribution in [-0.2, 0) is 40.5 Å². The van der Waals surface area contributed by atoms with Gasteiger partial charge in [-0.1, -0.05) is 12.1 Å². The SMILES string of the molecule is C[N+](C)(C)CCCc1cc(-c2cccs2)n2c1C=C1C(CCC([O-])=NC(CS(=O)(=O)O)C(=O)NCCCCC(=O)NCCOCCN3C(=O)C=CC3=O)=CC(c3cccs3)=[N+]1[B-]2(F)F. The van der Waals surface area contributed by atoms with E-state index in [1.807, 2.05) is 23.6 Å². The molecule has 0 bridgehead atoms. The molecule has 0 fully saturated rings. The van der Waals surface area contributed by atoms with Crippen LogP contribution in [0, 0.1) is 0 Å².